The highest BCUT2D eigenvalue weighted by Crippen LogP contribution is 2.42. The second-order valence-electron chi connectivity index (χ2n) is 5.03. The molecule has 1 aliphatic carbocycles. The van der Waals surface area contributed by atoms with Gasteiger partial charge < -0.3 is 5.32 Å². The van der Waals surface area contributed by atoms with Crippen molar-refractivity contribution >= 4 is 11.3 Å². The Balaban J connectivity index is 2.08. The molecule has 0 spiro atoms. The zero-order chi connectivity index (χ0) is 11.4. The molecule has 1 aromatic heterocycles. The molecule has 0 bridgehead atoms. The second-order valence-corrected chi connectivity index (χ2v) is 6.01. The van der Waals surface area contributed by atoms with Crippen molar-refractivity contribution in [3.63, 3.8) is 0 Å². The van der Waals surface area contributed by atoms with E-state index in [9.17, 15) is 0 Å². The van der Waals surface area contributed by atoms with Crippen molar-refractivity contribution in [1.29, 1.82) is 0 Å². The normalized spacial score (nSPS) is 30.5. The standard InChI is InChI=1S/C14H23NS/c1-3-11-6-7-12(10-15-2)13(9-11)14-5-4-8-16-14/h4-5,8,11-13,15H,3,6-7,9-10H2,1-2H3. The van der Waals surface area contributed by atoms with Gasteiger partial charge in [-0.25, -0.2) is 0 Å². The molecule has 1 heterocycles. The highest BCUT2D eigenvalue weighted by Gasteiger charge is 2.30. The van der Waals surface area contributed by atoms with Gasteiger partial charge in [-0.1, -0.05) is 25.8 Å². The van der Waals surface area contributed by atoms with Gasteiger partial charge in [0.25, 0.3) is 0 Å². The van der Waals surface area contributed by atoms with E-state index in [0.29, 0.717) is 0 Å². The summed E-state index contributed by atoms with van der Waals surface area (Å²) in [6.45, 7) is 3.52. The van der Waals surface area contributed by atoms with E-state index in [2.05, 4.69) is 36.8 Å². The van der Waals surface area contributed by atoms with Gasteiger partial charge in [0.2, 0.25) is 0 Å². The zero-order valence-electron chi connectivity index (χ0n) is 10.4. The third-order valence-electron chi connectivity index (χ3n) is 4.05. The zero-order valence-corrected chi connectivity index (χ0v) is 11.2. The van der Waals surface area contributed by atoms with Gasteiger partial charge in [-0.05, 0) is 55.6 Å². The van der Waals surface area contributed by atoms with Crippen molar-refractivity contribution in [2.24, 2.45) is 11.8 Å². The minimum atomic E-state index is 0.811. The van der Waals surface area contributed by atoms with E-state index < -0.39 is 0 Å². The van der Waals surface area contributed by atoms with Crippen molar-refractivity contribution in [3.8, 4) is 0 Å². The van der Waals surface area contributed by atoms with Crippen LogP contribution in [-0.2, 0) is 0 Å². The maximum absolute atomic E-state index is 3.37. The van der Waals surface area contributed by atoms with Gasteiger partial charge >= 0.3 is 0 Å². The molecule has 1 fully saturated rings. The Morgan fingerprint density at radius 1 is 1.44 bits per heavy atom. The van der Waals surface area contributed by atoms with Crippen LogP contribution in [0.1, 0.15) is 43.4 Å². The Morgan fingerprint density at radius 3 is 2.94 bits per heavy atom. The molecule has 0 radical (unpaired) electrons. The van der Waals surface area contributed by atoms with Crippen LogP contribution in [0.4, 0.5) is 0 Å². The van der Waals surface area contributed by atoms with Crippen LogP contribution in [0, 0.1) is 11.8 Å². The second kappa shape index (κ2) is 5.83. The molecule has 2 rings (SSSR count). The third kappa shape index (κ3) is 2.67. The van der Waals surface area contributed by atoms with Gasteiger partial charge in [0.05, 0.1) is 0 Å². The lowest BCUT2D eigenvalue weighted by molar-refractivity contribution is 0.231. The largest absolute Gasteiger partial charge is 0.319 e. The monoisotopic (exact) mass is 237 g/mol. The van der Waals surface area contributed by atoms with Crippen LogP contribution in [0.5, 0.6) is 0 Å². The third-order valence-corrected chi connectivity index (χ3v) is 5.06. The van der Waals surface area contributed by atoms with Crippen LogP contribution < -0.4 is 5.32 Å². The van der Waals surface area contributed by atoms with Gasteiger partial charge in [0, 0.05) is 4.88 Å². The average Bonchev–Trinajstić information content (AvgIpc) is 2.83. The summed E-state index contributed by atoms with van der Waals surface area (Å²) in [4.78, 5) is 1.61. The first-order valence-electron chi connectivity index (χ1n) is 6.53. The van der Waals surface area contributed by atoms with Crippen molar-refractivity contribution in [1.82, 2.24) is 5.32 Å². The van der Waals surface area contributed by atoms with E-state index in [1.165, 1.54) is 32.2 Å². The summed E-state index contributed by atoms with van der Waals surface area (Å²) in [5, 5.41) is 5.59. The van der Waals surface area contributed by atoms with Crippen LogP contribution in [0.25, 0.3) is 0 Å². The van der Waals surface area contributed by atoms with E-state index in [-0.39, 0.29) is 0 Å². The maximum atomic E-state index is 3.37. The summed E-state index contributed by atoms with van der Waals surface area (Å²) in [5.41, 5.74) is 0. The molecule has 1 nitrogen and oxygen atoms in total. The van der Waals surface area contributed by atoms with E-state index in [1.807, 2.05) is 11.3 Å². The Morgan fingerprint density at radius 2 is 2.31 bits per heavy atom. The summed E-state index contributed by atoms with van der Waals surface area (Å²) >= 11 is 1.94. The molecule has 16 heavy (non-hydrogen) atoms. The molecule has 0 amide bonds. The summed E-state index contributed by atoms with van der Waals surface area (Å²) in [6, 6.07) is 4.53. The lowest BCUT2D eigenvalue weighted by Gasteiger charge is -2.35. The van der Waals surface area contributed by atoms with Gasteiger partial charge in [-0.3, -0.25) is 0 Å². The fourth-order valence-electron chi connectivity index (χ4n) is 3.05. The fourth-order valence-corrected chi connectivity index (χ4v) is 3.98. The Hall–Kier alpha value is -0.340. The van der Waals surface area contributed by atoms with E-state index in [1.54, 1.807) is 4.88 Å². The molecule has 1 N–H and O–H groups in total. The van der Waals surface area contributed by atoms with E-state index >= 15 is 0 Å². The summed E-state index contributed by atoms with van der Waals surface area (Å²) < 4.78 is 0. The lowest BCUT2D eigenvalue weighted by atomic mass is 9.72. The van der Waals surface area contributed by atoms with Crippen LogP contribution in [0.15, 0.2) is 17.5 Å². The van der Waals surface area contributed by atoms with E-state index in [0.717, 1.165) is 17.8 Å². The molecule has 1 saturated carbocycles. The first kappa shape index (κ1) is 12.1. The predicted molar refractivity (Wildman–Crippen MR) is 72.1 cm³/mol. The minimum Gasteiger partial charge on any atom is -0.319 e. The van der Waals surface area contributed by atoms with Crippen LogP contribution >= 0.6 is 11.3 Å². The number of hydrogen-bond acceptors (Lipinski definition) is 2. The molecular formula is C14H23NS. The molecule has 90 valence electrons. The number of thiophene rings is 1. The molecular weight excluding hydrogens is 214 g/mol. The minimum absolute atomic E-state index is 0.811. The Bertz CT molecular complexity index is 294. The number of hydrogen-bond donors (Lipinski definition) is 1. The van der Waals surface area contributed by atoms with Gasteiger partial charge in [-0.15, -0.1) is 11.3 Å². The summed E-state index contributed by atoms with van der Waals surface area (Å²) in [7, 11) is 2.08. The Labute approximate surface area is 103 Å². The van der Waals surface area contributed by atoms with Crippen molar-refractivity contribution in [2.75, 3.05) is 13.6 Å². The van der Waals surface area contributed by atoms with Crippen molar-refractivity contribution < 1.29 is 0 Å². The summed E-state index contributed by atoms with van der Waals surface area (Å²) in [6.07, 6.45) is 5.60. The first-order valence-corrected chi connectivity index (χ1v) is 7.41. The molecule has 1 aromatic rings. The molecule has 3 unspecified atom stereocenters. The molecule has 1 aliphatic rings. The first-order chi connectivity index (χ1) is 7.85. The predicted octanol–water partition coefficient (Wildman–Crippen LogP) is 3.88. The molecule has 0 aromatic carbocycles. The smallest absolute Gasteiger partial charge is 0.00795 e. The van der Waals surface area contributed by atoms with Crippen LogP contribution in [-0.4, -0.2) is 13.6 Å². The SMILES string of the molecule is CCC1CCC(CNC)C(c2cccs2)C1. The summed E-state index contributed by atoms with van der Waals surface area (Å²) in [5.74, 6) is 2.62. The molecule has 0 aliphatic heterocycles. The quantitative estimate of drug-likeness (QED) is 0.838. The molecule has 2 heteroatoms. The molecule has 0 saturated heterocycles. The topological polar surface area (TPSA) is 12.0 Å². The average molecular weight is 237 g/mol. The highest BCUT2D eigenvalue weighted by atomic mass is 32.1. The van der Waals surface area contributed by atoms with Gasteiger partial charge in [0.1, 0.15) is 0 Å². The van der Waals surface area contributed by atoms with Gasteiger partial charge in [0.15, 0.2) is 0 Å². The number of nitrogens with one attached hydrogen (secondary N) is 1. The highest BCUT2D eigenvalue weighted by molar-refractivity contribution is 7.10. The van der Waals surface area contributed by atoms with Crippen LogP contribution in [0.2, 0.25) is 0 Å². The van der Waals surface area contributed by atoms with Crippen molar-refractivity contribution in [2.45, 2.75) is 38.5 Å². The van der Waals surface area contributed by atoms with Crippen LogP contribution in [0.3, 0.4) is 0 Å². The number of rotatable bonds is 4. The molecule has 3 atom stereocenters. The van der Waals surface area contributed by atoms with Crippen molar-refractivity contribution in [3.05, 3.63) is 22.4 Å². The maximum Gasteiger partial charge on any atom is 0.00795 e. The van der Waals surface area contributed by atoms with Gasteiger partial charge in [-0.2, -0.15) is 0 Å². The fraction of sp³-hybridized carbons (Fsp3) is 0.714. The lowest BCUT2D eigenvalue weighted by Crippen LogP contribution is -2.30. The Kier molecular flexibility index (Phi) is 4.42. The van der Waals surface area contributed by atoms with E-state index in [4.69, 9.17) is 0 Å².